The Morgan fingerprint density at radius 2 is 0.917 bits per heavy atom. The van der Waals surface area contributed by atoms with E-state index in [0.717, 1.165) is 12.8 Å². The van der Waals surface area contributed by atoms with Crippen LogP contribution in [0.15, 0.2) is 153 Å². The van der Waals surface area contributed by atoms with Crippen LogP contribution in [0.2, 0.25) is 0 Å². The maximum absolute atomic E-state index is 14.3. The first-order chi connectivity index (χ1) is 40.5. The number of aromatic amines is 2. The molecule has 84 heavy (non-hydrogen) atoms. The van der Waals surface area contributed by atoms with Crippen LogP contribution in [0.25, 0.3) is 55.4 Å². The van der Waals surface area contributed by atoms with Gasteiger partial charge in [0.2, 0.25) is 0 Å². The van der Waals surface area contributed by atoms with Gasteiger partial charge in [-0.25, -0.2) is 18.7 Å². The maximum atomic E-state index is 14.3. The van der Waals surface area contributed by atoms with Crippen LogP contribution in [0.5, 0.6) is 11.5 Å². The summed E-state index contributed by atoms with van der Waals surface area (Å²) in [4.78, 5) is 133. The quantitative estimate of drug-likeness (QED) is 0.0315. The number of benzene rings is 4. The van der Waals surface area contributed by atoms with Crippen molar-refractivity contribution in [2.75, 3.05) is 26.3 Å². The van der Waals surface area contributed by atoms with Crippen molar-refractivity contribution in [2.24, 2.45) is 0 Å². The van der Waals surface area contributed by atoms with Crippen LogP contribution >= 0.6 is 0 Å². The number of pyridine rings is 2. The second-order valence-corrected chi connectivity index (χ2v) is 20.0. The predicted molar refractivity (Wildman–Crippen MR) is 310 cm³/mol. The molecule has 0 saturated carbocycles. The van der Waals surface area contributed by atoms with Crippen LogP contribution in [0.1, 0.15) is 68.7 Å². The van der Waals surface area contributed by atoms with E-state index in [1.165, 1.54) is 36.4 Å². The smallest absolute Gasteiger partial charge is 0.329 e. The molecule has 426 valence electrons. The number of nitrogens with one attached hydrogen (secondary N) is 4. The molecule has 0 radical (unpaired) electrons. The van der Waals surface area contributed by atoms with Crippen molar-refractivity contribution >= 4 is 68.2 Å². The molecule has 6 N–H and O–H groups in total. The number of aromatic nitrogens is 6. The summed E-state index contributed by atoms with van der Waals surface area (Å²) in [5.41, 5.74) is 3.24. The first-order valence-corrected chi connectivity index (χ1v) is 26.7. The monoisotopic (exact) mass is 1130 g/mol. The van der Waals surface area contributed by atoms with Crippen LogP contribution in [-0.4, -0.2) is 99.7 Å². The summed E-state index contributed by atoms with van der Waals surface area (Å²) in [6, 6.07) is 33.7. The van der Waals surface area contributed by atoms with Crippen molar-refractivity contribution in [2.45, 2.75) is 52.6 Å². The normalized spacial score (nSPS) is 11.3. The van der Waals surface area contributed by atoms with Gasteiger partial charge in [-0.2, -0.15) is 0 Å². The molecule has 0 aliphatic heterocycles. The Morgan fingerprint density at radius 3 is 1.32 bits per heavy atom. The Morgan fingerprint density at radius 1 is 0.500 bits per heavy atom. The highest BCUT2D eigenvalue weighted by atomic mass is 16.5. The third-order valence-corrected chi connectivity index (χ3v) is 14.4. The molecule has 10 aromatic rings. The predicted octanol–water partition coefficient (Wildman–Crippen LogP) is 6.03. The molecule has 10 rings (SSSR count). The van der Waals surface area contributed by atoms with Crippen molar-refractivity contribution in [1.29, 1.82) is 0 Å². The molecule has 2 amide bonds. The Bertz CT molecular complexity index is 4290. The van der Waals surface area contributed by atoms with E-state index >= 15 is 0 Å². The lowest BCUT2D eigenvalue weighted by Gasteiger charge is -2.11. The van der Waals surface area contributed by atoms with E-state index in [-0.39, 0.29) is 58.0 Å². The summed E-state index contributed by atoms with van der Waals surface area (Å²) >= 11 is 0. The van der Waals surface area contributed by atoms with E-state index in [1.807, 2.05) is 59.3 Å². The van der Waals surface area contributed by atoms with Gasteiger partial charge in [-0.3, -0.25) is 38.4 Å². The SMILES string of the molecule is Cc1c(C(=O)c2ccc3[nH]c(=O)n(CC(=O)O)c(=O)c3c2)c2ccccn2c1-c1cccc(OCC(=O)NCCCCCCNC(=O)COc2cccc(-c3c(C)c(C(=O)c4ccc5[nH]c(=O)n(CC(=O)O)c(=O)c5c4)c4ccccn34)c2)c1. The van der Waals surface area contributed by atoms with E-state index in [1.54, 1.807) is 60.7 Å². The van der Waals surface area contributed by atoms with E-state index < -0.39 is 59.1 Å². The average molecular weight is 1140 g/mol. The van der Waals surface area contributed by atoms with Crippen molar-refractivity contribution in [3.05, 3.63) is 209 Å². The highest BCUT2D eigenvalue weighted by Gasteiger charge is 2.26. The molecule has 0 aliphatic rings. The summed E-state index contributed by atoms with van der Waals surface area (Å²) in [6.45, 7) is 2.30. The second kappa shape index (κ2) is 24.1. The molecule has 0 bridgehead atoms. The third-order valence-electron chi connectivity index (χ3n) is 14.4. The standard InChI is InChI=1S/C62H54N8O14/c1-35-53(57(77)39-19-21-45-43(29-39)59(79)69(31-51(73)74)61(81)65-45)47-17-5-9-25-67(47)55(35)37-13-11-15-41(27-37)83-33-49(71)63-23-7-3-4-8-24-64-50(72)34-84-42-16-12-14-38(28-42)56-36(2)54(48-18-6-10-26-68(48)56)58(78)40-20-22-46-44(30-40)60(80)70(32-52(75)76)62(82)66-46/h5-6,9-22,25-30H,3-4,7-8,23-24,31-34H2,1-2H3,(H,63,71)(H,64,72)(H,65,81)(H,66,82)(H,73,74)(H,75,76). The van der Waals surface area contributed by atoms with Crippen LogP contribution in [0.3, 0.4) is 0 Å². The Kier molecular flexibility index (Phi) is 16.1. The number of ether oxygens (including phenoxy) is 2. The number of H-pyrrole nitrogens is 2. The van der Waals surface area contributed by atoms with Gasteiger partial charge >= 0.3 is 23.3 Å². The summed E-state index contributed by atoms with van der Waals surface area (Å²) in [5.74, 6) is -3.29. The van der Waals surface area contributed by atoms with Gasteiger partial charge in [0.25, 0.3) is 22.9 Å². The fraction of sp³-hybridized carbons (Fsp3) is 0.194. The van der Waals surface area contributed by atoms with Gasteiger partial charge < -0.3 is 49.1 Å². The van der Waals surface area contributed by atoms with Gasteiger partial charge in [0.1, 0.15) is 24.6 Å². The number of nitrogens with zero attached hydrogens (tertiary/aromatic N) is 4. The zero-order chi connectivity index (χ0) is 59.3. The minimum absolute atomic E-state index is 0.0128. The number of carboxylic acid groups (broad SMARTS) is 2. The summed E-state index contributed by atoms with van der Waals surface area (Å²) < 4.78 is 16.7. The fourth-order valence-electron chi connectivity index (χ4n) is 10.5. The van der Waals surface area contributed by atoms with Gasteiger partial charge in [-0.05, 0) is 123 Å². The van der Waals surface area contributed by atoms with Gasteiger partial charge in [-0.15, -0.1) is 0 Å². The summed E-state index contributed by atoms with van der Waals surface area (Å²) in [7, 11) is 0. The number of carboxylic acids is 2. The summed E-state index contributed by atoms with van der Waals surface area (Å²) in [6.07, 6.45) is 6.64. The van der Waals surface area contributed by atoms with E-state index in [4.69, 9.17) is 9.47 Å². The lowest BCUT2D eigenvalue weighted by Crippen LogP contribution is -2.37. The number of hydrogen-bond donors (Lipinski definition) is 6. The largest absolute Gasteiger partial charge is 0.484 e. The zero-order valence-electron chi connectivity index (χ0n) is 45.4. The highest BCUT2D eigenvalue weighted by Crippen LogP contribution is 2.36. The number of unbranched alkanes of at least 4 members (excludes halogenated alkanes) is 3. The number of hydrogen-bond acceptors (Lipinski definition) is 12. The second-order valence-electron chi connectivity index (χ2n) is 20.0. The van der Waals surface area contributed by atoms with Crippen LogP contribution in [0, 0.1) is 13.8 Å². The number of ketones is 2. The van der Waals surface area contributed by atoms with Gasteiger partial charge in [0.05, 0.1) is 55.4 Å². The molecule has 22 heteroatoms. The van der Waals surface area contributed by atoms with Gasteiger partial charge in [0.15, 0.2) is 24.8 Å². The number of rotatable bonds is 23. The molecule has 0 atom stereocenters. The van der Waals surface area contributed by atoms with Crippen molar-refractivity contribution in [3.8, 4) is 34.0 Å². The molecule has 6 heterocycles. The molecule has 0 unspecified atom stereocenters. The van der Waals surface area contributed by atoms with Crippen LogP contribution in [-0.2, 0) is 32.3 Å². The first kappa shape index (κ1) is 56.4. The van der Waals surface area contributed by atoms with Crippen LogP contribution < -0.4 is 42.6 Å². The van der Waals surface area contributed by atoms with Crippen LogP contribution in [0.4, 0.5) is 0 Å². The molecule has 22 nitrogen and oxygen atoms in total. The number of carbonyl (C=O) groups is 6. The van der Waals surface area contributed by atoms with Crippen molar-refractivity contribution in [1.82, 2.24) is 38.5 Å². The number of amides is 2. The molecular weight excluding hydrogens is 1080 g/mol. The Labute approximate surface area is 475 Å². The Balaban J connectivity index is 0.682. The third kappa shape index (κ3) is 11.5. The van der Waals surface area contributed by atoms with E-state index in [0.29, 0.717) is 102 Å². The summed E-state index contributed by atoms with van der Waals surface area (Å²) in [5, 5.41) is 24.2. The van der Waals surface area contributed by atoms with Crippen molar-refractivity contribution in [3.63, 3.8) is 0 Å². The van der Waals surface area contributed by atoms with E-state index in [2.05, 4.69) is 20.6 Å². The fourth-order valence-corrected chi connectivity index (χ4v) is 10.5. The molecule has 6 aromatic heterocycles. The topological polar surface area (TPSA) is 304 Å². The lowest BCUT2D eigenvalue weighted by molar-refractivity contribution is -0.138. The number of aliphatic carboxylic acids is 2. The number of carbonyl (C=O) groups excluding carboxylic acids is 4. The van der Waals surface area contributed by atoms with Crippen molar-refractivity contribution < 1.29 is 48.5 Å². The molecule has 0 spiro atoms. The van der Waals surface area contributed by atoms with E-state index in [9.17, 15) is 58.2 Å². The lowest BCUT2D eigenvalue weighted by atomic mass is 9.97. The first-order valence-electron chi connectivity index (χ1n) is 26.7. The molecule has 0 aliphatic carbocycles. The molecule has 4 aromatic carbocycles. The number of fused-ring (bicyclic) bond motifs is 4. The average Bonchev–Trinajstić information content (AvgIpc) is 3.52. The minimum atomic E-state index is -1.37. The molecular formula is C62H54N8O14. The Hall–Kier alpha value is -10.9. The highest BCUT2D eigenvalue weighted by molar-refractivity contribution is 6.17. The molecule has 0 saturated heterocycles. The minimum Gasteiger partial charge on any atom is -0.484 e. The molecule has 0 fully saturated rings. The maximum Gasteiger partial charge on any atom is 0.329 e. The zero-order valence-corrected chi connectivity index (χ0v) is 45.4. The van der Waals surface area contributed by atoms with Gasteiger partial charge in [0, 0.05) is 47.7 Å². The van der Waals surface area contributed by atoms with Gasteiger partial charge in [-0.1, -0.05) is 49.2 Å².